The highest BCUT2D eigenvalue weighted by atomic mass is 16.3. The zero-order valence-electron chi connectivity index (χ0n) is 10.1. The van der Waals surface area contributed by atoms with Gasteiger partial charge in [0.15, 0.2) is 0 Å². The van der Waals surface area contributed by atoms with Crippen LogP contribution in [0.2, 0.25) is 0 Å². The quantitative estimate of drug-likeness (QED) is 0.692. The molecule has 0 aromatic carbocycles. The van der Waals surface area contributed by atoms with Gasteiger partial charge < -0.3 is 5.11 Å². The molecule has 0 aliphatic heterocycles. The second-order valence-corrected chi connectivity index (χ2v) is 4.97. The van der Waals surface area contributed by atoms with Crippen molar-refractivity contribution < 1.29 is 5.11 Å². The number of hydrogen-bond acceptors (Lipinski definition) is 1. The molecule has 0 saturated heterocycles. The molecule has 1 nitrogen and oxygen atoms in total. The van der Waals surface area contributed by atoms with Gasteiger partial charge in [-0.25, -0.2) is 0 Å². The minimum atomic E-state index is 0.145. The summed E-state index contributed by atoms with van der Waals surface area (Å²) < 4.78 is 0. The van der Waals surface area contributed by atoms with Gasteiger partial charge in [-0.15, -0.1) is 0 Å². The predicted molar refractivity (Wildman–Crippen MR) is 61.3 cm³/mol. The molecule has 0 saturated carbocycles. The van der Waals surface area contributed by atoms with Crippen molar-refractivity contribution in [2.75, 3.05) is 0 Å². The van der Waals surface area contributed by atoms with Gasteiger partial charge in [0.1, 0.15) is 5.76 Å². The molecule has 0 aromatic heterocycles. The summed E-state index contributed by atoms with van der Waals surface area (Å²) in [6.07, 6.45) is 3.21. The Morgan fingerprint density at radius 2 is 1.79 bits per heavy atom. The van der Waals surface area contributed by atoms with Gasteiger partial charge >= 0.3 is 0 Å². The second kappa shape index (κ2) is 3.80. The summed E-state index contributed by atoms with van der Waals surface area (Å²) >= 11 is 0. The van der Waals surface area contributed by atoms with Gasteiger partial charge in [0.05, 0.1) is 0 Å². The maximum Gasteiger partial charge on any atom is 0.118 e. The summed E-state index contributed by atoms with van der Waals surface area (Å²) in [7, 11) is 0. The molecule has 0 heterocycles. The molecular formula is C13H22O. The number of aliphatic hydroxyl groups is 1. The van der Waals surface area contributed by atoms with Gasteiger partial charge in [-0.05, 0) is 49.7 Å². The van der Waals surface area contributed by atoms with Crippen molar-refractivity contribution in [1.82, 2.24) is 0 Å². The predicted octanol–water partition coefficient (Wildman–Crippen LogP) is 4.36. The normalized spacial score (nSPS) is 19.2. The van der Waals surface area contributed by atoms with E-state index in [2.05, 4.69) is 27.7 Å². The van der Waals surface area contributed by atoms with Gasteiger partial charge in [-0.1, -0.05) is 26.3 Å². The lowest BCUT2D eigenvalue weighted by molar-refractivity contribution is 0.344. The molecule has 0 radical (unpaired) electrons. The Morgan fingerprint density at radius 1 is 1.21 bits per heavy atom. The number of hydrogen-bond donors (Lipinski definition) is 1. The number of rotatable bonds is 2. The Morgan fingerprint density at radius 3 is 2.29 bits per heavy atom. The number of aliphatic hydroxyl groups excluding tert-OH is 1. The van der Waals surface area contributed by atoms with Crippen LogP contribution in [0, 0.1) is 5.41 Å². The van der Waals surface area contributed by atoms with E-state index >= 15 is 0 Å². The second-order valence-electron chi connectivity index (χ2n) is 4.97. The van der Waals surface area contributed by atoms with Gasteiger partial charge in [0.2, 0.25) is 0 Å². The van der Waals surface area contributed by atoms with E-state index in [-0.39, 0.29) is 5.41 Å². The van der Waals surface area contributed by atoms with Crippen LogP contribution < -0.4 is 0 Å². The standard InChI is InChI=1S/C13H22O/c1-6-13(4,5)11-8-7-9(2)10(3)12(11)14/h14H,6-8H2,1-5H3. The molecule has 0 amide bonds. The van der Waals surface area contributed by atoms with Crippen molar-refractivity contribution in [3.05, 3.63) is 22.5 Å². The zero-order chi connectivity index (χ0) is 10.9. The van der Waals surface area contributed by atoms with Crippen LogP contribution in [-0.4, -0.2) is 5.11 Å². The van der Waals surface area contributed by atoms with Crippen molar-refractivity contribution in [2.45, 2.75) is 53.9 Å². The smallest absolute Gasteiger partial charge is 0.118 e. The Balaban J connectivity index is 3.12. The lowest BCUT2D eigenvalue weighted by Gasteiger charge is -2.31. The van der Waals surface area contributed by atoms with Crippen molar-refractivity contribution in [3.8, 4) is 0 Å². The lowest BCUT2D eigenvalue weighted by atomic mass is 9.75. The molecule has 0 aromatic rings. The Kier molecular flexibility index (Phi) is 3.08. The van der Waals surface area contributed by atoms with E-state index in [1.807, 2.05) is 6.92 Å². The third kappa shape index (κ3) is 1.87. The molecule has 1 rings (SSSR count). The average Bonchev–Trinajstić information content (AvgIpc) is 2.14. The summed E-state index contributed by atoms with van der Waals surface area (Å²) in [6.45, 7) is 10.7. The van der Waals surface area contributed by atoms with Crippen LogP contribution in [0.1, 0.15) is 53.9 Å². The van der Waals surface area contributed by atoms with Gasteiger partial charge in [-0.2, -0.15) is 0 Å². The van der Waals surface area contributed by atoms with Crippen LogP contribution in [-0.2, 0) is 0 Å². The Hall–Kier alpha value is -0.720. The van der Waals surface area contributed by atoms with E-state index in [9.17, 15) is 5.11 Å². The number of allylic oxidation sites excluding steroid dienone is 3. The van der Waals surface area contributed by atoms with Crippen LogP contribution in [0.5, 0.6) is 0 Å². The van der Waals surface area contributed by atoms with Gasteiger partial charge in [-0.3, -0.25) is 0 Å². The Labute approximate surface area is 87.5 Å². The first-order valence-electron chi connectivity index (χ1n) is 5.49. The van der Waals surface area contributed by atoms with E-state index in [0.29, 0.717) is 5.76 Å². The molecule has 14 heavy (non-hydrogen) atoms. The summed E-state index contributed by atoms with van der Waals surface area (Å²) in [5.41, 5.74) is 3.81. The lowest BCUT2D eigenvalue weighted by Crippen LogP contribution is -2.18. The maximum absolute atomic E-state index is 10.1. The minimum absolute atomic E-state index is 0.145. The third-order valence-electron chi connectivity index (χ3n) is 3.73. The van der Waals surface area contributed by atoms with E-state index in [1.54, 1.807) is 0 Å². The molecule has 0 unspecified atom stereocenters. The van der Waals surface area contributed by atoms with Crippen molar-refractivity contribution in [2.24, 2.45) is 5.41 Å². The first-order valence-corrected chi connectivity index (χ1v) is 5.49. The fourth-order valence-electron chi connectivity index (χ4n) is 1.92. The molecular weight excluding hydrogens is 172 g/mol. The van der Waals surface area contributed by atoms with Crippen LogP contribution in [0.15, 0.2) is 22.5 Å². The van der Waals surface area contributed by atoms with Crippen LogP contribution in [0.3, 0.4) is 0 Å². The first-order chi connectivity index (χ1) is 6.40. The highest BCUT2D eigenvalue weighted by Crippen LogP contribution is 2.40. The van der Waals surface area contributed by atoms with Crippen molar-refractivity contribution in [3.63, 3.8) is 0 Å². The van der Waals surface area contributed by atoms with Crippen LogP contribution >= 0.6 is 0 Å². The summed E-state index contributed by atoms with van der Waals surface area (Å²) in [6, 6.07) is 0. The first kappa shape index (κ1) is 11.4. The van der Waals surface area contributed by atoms with Gasteiger partial charge in [0, 0.05) is 0 Å². The minimum Gasteiger partial charge on any atom is -0.508 e. The highest BCUT2D eigenvalue weighted by molar-refractivity contribution is 5.38. The van der Waals surface area contributed by atoms with Crippen molar-refractivity contribution >= 4 is 0 Å². The van der Waals surface area contributed by atoms with Crippen LogP contribution in [0.25, 0.3) is 0 Å². The van der Waals surface area contributed by atoms with Crippen molar-refractivity contribution in [1.29, 1.82) is 0 Å². The Bertz CT molecular complexity index is 292. The van der Waals surface area contributed by atoms with E-state index in [1.165, 1.54) is 11.1 Å². The topological polar surface area (TPSA) is 20.2 Å². The summed E-state index contributed by atoms with van der Waals surface area (Å²) in [5, 5.41) is 10.1. The summed E-state index contributed by atoms with van der Waals surface area (Å²) in [5.74, 6) is 0.556. The molecule has 1 aliphatic carbocycles. The third-order valence-corrected chi connectivity index (χ3v) is 3.73. The molecule has 80 valence electrons. The molecule has 0 spiro atoms. The maximum atomic E-state index is 10.1. The van der Waals surface area contributed by atoms with E-state index in [4.69, 9.17) is 0 Å². The molecule has 0 fully saturated rings. The molecule has 0 atom stereocenters. The average molecular weight is 194 g/mol. The SMILES string of the molecule is CCC(C)(C)C1=C(O)C(C)=C(C)CC1. The molecule has 0 bridgehead atoms. The molecule has 1 heteroatoms. The summed E-state index contributed by atoms with van der Waals surface area (Å²) in [4.78, 5) is 0. The molecule has 1 N–H and O–H groups in total. The monoisotopic (exact) mass is 194 g/mol. The van der Waals surface area contributed by atoms with Crippen LogP contribution in [0.4, 0.5) is 0 Å². The fraction of sp³-hybridized carbons (Fsp3) is 0.692. The zero-order valence-corrected chi connectivity index (χ0v) is 10.1. The highest BCUT2D eigenvalue weighted by Gasteiger charge is 2.27. The molecule has 1 aliphatic rings. The van der Waals surface area contributed by atoms with E-state index < -0.39 is 0 Å². The fourth-order valence-corrected chi connectivity index (χ4v) is 1.92. The van der Waals surface area contributed by atoms with Gasteiger partial charge in [0.25, 0.3) is 0 Å². The largest absolute Gasteiger partial charge is 0.508 e. The van der Waals surface area contributed by atoms with E-state index in [0.717, 1.165) is 24.8 Å².